The van der Waals surface area contributed by atoms with Crippen molar-refractivity contribution in [2.75, 3.05) is 33.9 Å². The third-order valence-electron chi connectivity index (χ3n) is 4.63. The van der Waals surface area contributed by atoms with Gasteiger partial charge < -0.3 is 10.1 Å². The maximum atomic E-state index is 12.2. The van der Waals surface area contributed by atoms with Crippen molar-refractivity contribution >= 4 is 17.5 Å². The number of hydrogen-bond donors (Lipinski definition) is 1. The molecule has 30 heavy (non-hydrogen) atoms. The van der Waals surface area contributed by atoms with Crippen LogP contribution in [0.2, 0.25) is 5.02 Å². The first-order chi connectivity index (χ1) is 14.6. The number of nitrogens with one attached hydrogen (secondary N) is 1. The van der Waals surface area contributed by atoms with Crippen molar-refractivity contribution < 1.29 is 9.53 Å². The first-order valence-electron chi connectivity index (χ1n) is 9.91. The molecular weight excluding hydrogens is 400 g/mol. The number of carbonyl (C=O) groups is 1. The molecule has 6 nitrogen and oxygen atoms in total. The van der Waals surface area contributed by atoms with E-state index in [-0.39, 0.29) is 5.91 Å². The number of carbonyl (C=O) groups excluding carboxylic acids is 1. The smallest absolute Gasteiger partial charge is 0.234 e. The van der Waals surface area contributed by atoms with E-state index in [1.54, 1.807) is 7.11 Å². The van der Waals surface area contributed by atoms with Gasteiger partial charge in [0.1, 0.15) is 0 Å². The Labute approximate surface area is 182 Å². The highest BCUT2D eigenvalue weighted by Gasteiger charge is 2.15. The van der Waals surface area contributed by atoms with E-state index in [0.717, 1.165) is 28.9 Å². The van der Waals surface area contributed by atoms with E-state index in [2.05, 4.69) is 5.32 Å². The van der Waals surface area contributed by atoms with Gasteiger partial charge in [-0.2, -0.15) is 5.10 Å². The SMILES string of the molecule is COCCCNC(=O)CN(C)Cc1cn(-c2ccccc2)nc1-c1ccc(Cl)cc1. The molecule has 1 heterocycles. The lowest BCUT2D eigenvalue weighted by Crippen LogP contribution is -2.35. The lowest BCUT2D eigenvalue weighted by atomic mass is 10.1. The van der Waals surface area contributed by atoms with E-state index < -0.39 is 0 Å². The molecular formula is C23H27ClN4O2. The highest BCUT2D eigenvalue weighted by Crippen LogP contribution is 2.26. The van der Waals surface area contributed by atoms with Gasteiger partial charge in [-0.3, -0.25) is 9.69 Å². The topological polar surface area (TPSA) is 59.4 Å². The number of benzene rings is 2. The molecule has 0 radical (unpaired) electrons. The maximum absolute atomic E-state index is 12.2. The van der Waals surface area contributed by atoms with Crippen LogP contribution in [0.5, 0.6) is 0 Å². The van der Waals surface area contributed by atoms with Crippen LogP contribution in [0.25, 0.3) is 16.9 Å². The van der Waals surface area contributed by atoms with Gasteiger partial charge in [0, 0.05) is 49.2 Å². The quantitative estimate of drug-likeness (QED) is 0.501. The van der Waals surface area contributed by atoms with Crippen LogP contribution in [-0.4, -0.2) is 54.4 Å². The van der Waals surface area contributed by atoms with E-state index in [0.29, 0.717) is 31.3 Å². The van der Waals surface area contributed by atoms with Gasteiger partial charge >= 0.3 is 0 Å². The summed E-state index contributed by atoms with van der Waals surface area (Å²) in [6.45, 7) is 2.15. The first-order valence-corrected chi connectivity index (χ1v) is 10.3. The fourth-order valence-corrected chi connectivity index (χ4v) is 3.31. The van der Waals surface area contributed by atoms with Gasteiger partial charge in [0.15, 0.2) is 0 Å². The highest BCUT2D eigenvalue weighted by molar-refractivity contribution is 6.30. The van der Waals surface area contributed by atoms with Gasteiger partial charge in [-0.05, 0) is 37.7 Å². The average Bonchev–Trinajstić information content (AvgIpc) is 3.16. The molecule has 0 aliphatic carbocycles. The Balaban J connectivity index is 1.76. The zero-order chi connectivity index (χ0) is 21.3. The fraction of sp³-hybridized carbons (Fsp3) is 0.304. The van der Waals surface area contributed by atoms with Crippen LogP contribution in [0.3, 0.4) is 0 Å². The Hall–Kier alpha value is -2.67. The molecule has 0 saturated carbocycles. The molecule has 3 rings (SSSR count). The molecule has 158 valence electrons. The third kappa shape index (κ3) is 6.16. The van der Waals surface area contributed by atoms with Crippen LogP contribution >= 0.6 is 11.6 Å². The highest BCUT2D eigenvalue weighted by atomic mass is 35.5. The Morgan fingerprint density at radius 3 is 2.60 bits per heavy atom. The van der Waals surface area contributed by atoms with Gasteiger partial charge in [-0.1, -0.05) is 41.9 Å². The van der Waals surface area contributed by atoms with Gasteiger partial charge in [-0.15, -0.1) is 0 Å². The number of amides is 1. The second-order valence-corrected chi connectivity index (χ2v) is 7.59. The molecule has 0 unspecified atom stereocenters. The summed E-state index contributed by atoms with van der Waals surface area (Å²) in [6, 6.07) is 17.6. The minimum atomic E-state index is -0.00269. The molecule has 0 spiro atoms. The number of methoxy groups -OCH3 is 1. The van der Waals surface area contributed by atoms with Gasteiger partial charge in [0.05, 0.1) is 17.9 Å². The number of para-hydroxylation sites is 1. The van der Waals surface area contributed by atoms with Gasteiger partial charge in [0.2, 0.25) is 5.91 Å². The lowest BCUT2D eigenvalue weighted by Gasteiger charge is -2.16. The summed E-state index contributed by atoms with van der Waals surface area (Å²) in [5.41, 5.74) is 3.89. The summed E-state index contributed by atoms with van der Waals surface area (Å²) in [5, 5.41) is 8.42. The Kier molecular flexibility index (Phi) is 8.02. The van der Waals surface area contributed by atoms with E-state index >= 15 is 0 Å². The average molecular weight is 427 g/mol. The van der Waals surface area contributed by atoms with Crippen LogP contribution in [0, 0.1) is 0 Å². The molecule has 3 aromatic rings. The second kappa shape index (κ2) is 10.9. The molecule has 2 aromatic carbocycles. The summed E-state index contributed by atoms with van der Waals surface area (Å²) in [4.78, 5) is 14.2. The van der Waals surface area contributed by atoms with Crippen LogP contribution in [0.1, 0.15) is 12.0 Å². The molecule has 0 atom stereocenters. The Morgan fingerprint density at radius 2 is 1.90 bits per heavy atom. The number of rotatable bonds is 10. The normalized spacial score (nSPS) is 11.1. The zero-order valence-corrected chi connectivity index (χ0v) is 18.1. The lowest BCUT2D eigenvalue weighted by molar-refractivity contribution is -0.122. The standard InChI is InChI=1S/C23H27ClN4O2/c1-27(17-22(29)25-13-6-14-30-2)15-19-16-28(21-7-4-3-5-8-21)26-23(19)18-9-11-20(24)12-10-18/h3-5,7-12,16H,6,13-15,17H2,1-2H3,(H,25,29). The van der Waals surface area contributed by atoms with Crippen molar-refractivity contribution in [2.24, 2.45) is 0 Å². The number of hydrogen-bond acceptors (Lipinski definition) is 4. The van der Waals surface area contributed by atoms with Crippen LogP contribution in [0.4, 0.5) is 0 Å². The van der Waals surface area contributed by atoms with Crippen molar-refractivity contribution in [1.29, 1.82) is 0 Å². The predicted octanol–water partition coefficient (Wildman–Crippen LogP) is 3.78. The number of aromatic nitrogens is 2. The number of ether oxygens (including phenoxy) is 1. The largest absolute Gasteiger partial charge is 0.385 e. The molecule has 0 bridgehead atoms. The molecule has 1 aromatic heterocycles. The van der Waals surface area contributed by atoms with E-state index in [1.807, 2.05) is 77.4 Å². The second-order valence-electron chi connectivity index (χ2n) is 7.16. The number of halogens is 1. The summed E-state index contributed by atoms with van der Waals surface area (Å²) in [6.07, 6.45) is 2.82. The zero-order valence-electron chi connectivity index (χ0n) is 17.3. The molecule has 1 amide bonds. The molecule has 7 heteroatoms. The molecule has 0 aliphatic rings. The Bertz CT molecular complexity index is 942. The molecule has 0 aliphatic heterocycles. The molecule has 0 saturated heterocycles. The van der Waals surface area contributed by atoms with E-state index in [9.17, 15) is 4.79 Å². The van der Waals surface area contributed by atoms with Crippen molar-refractivity contribution in [2.45, 2.75) is 13.0 Å². The fourth-order valence-electron chi connectivity index (χ4n) is 3.18. The summed E-state index contributed by atoms with van der Waals surface area (Å²) < 4.78 is 6.88. The van der Waals surface area contributed by atoms with E-state index in [4.69, 9.17) is 21.4 Å². The summed E-state index contributed by atoms with van der Waals surface area (Å²) in [7, 11) is 3.59. The Morgan fingerprint density at radius 1 is 1.17 bits per heavy atom. The van der Waals surface area contributed by atoms with Gasteiger partial charge in [0.25, 0.3) is 0 Å². The molecule has 0 fully saturated rings. The number of nitrogens with zero attached hydrogens (tertiary/aromatic N) is 3. The third-order valence-corrected chi connectivity index (χ3v) is 4.88. The molecule has 1 N–H and O–H groups in total. The van der Waals surface area contributed by atoms with E-state index in [1.165, 1.54) is 0 Å². The van der Waals surface area contributed by atoms with Crippen LogP contribution in [-0.2, 0) is 16.1 Å². The van der Waals surface area contributed by atoms with Crippen molar-refractivity contribution in [3.8, 4) is 16.9 Å². The minimum absolute atomic E-state index is 0.00269. The van der Waals surface area contributed by atoms with Crippen molar-refractivity contribution in [3.63, 3.8) is 0 Å². The summed E-state index contributed by atoms with van der Waals surface area (Å²) >= 11 is 6.06. The predicted molar refractivity (Wildman–Crippen MR) is 120 cm³/mol. The van der Waals surface area contributed by atoms with Crippen LogP contribution < -0.4 is 5.32 Å². The van der Waals surface area contributed by atoms with Crippen molar-refractivity contribution in [3.05, 3.63) is 71.4 Å². The minimum Gasteiger partial charge on any atom is -0.385 e. The van der Waals surface area contributed by atoms with Crippen LogP contribution in [0.15, 0.2) is 60.8 Å². The number of likely N-dealkylation sites (N-methyl/N-ethyl adjacent to an activating group) is 1. The maximum Gasteiger partial charge on any atom is 0.234 e. The monoisotopic (exact) mass is 426 g/mol. The first kappa shape index (κ1) is 22.0. The van der Waals surface area contributed by atoms with Gasteiger partial charge in [-0.25, -0.2) is 4.68 Å². The summed E-state index contributed by atoms with van der Waals surface area (Å²) in [5.74, 6) is -0.00269. The van der Waals surface area contributed by atoms with Crippen molar-refractivity contribution in [1.82, 2.24) is 20.0 Å².